The molecule has 66 valence electrons. The van der Waals surface area contributed by atoms with Crippen molar-refractivity contribution in [2.24, 2.45) is 7.05 Å². The lowest BCUT2D eigenvalue weighted by atomic mass is 10.5. The molecule has 0 bridgehead atoms. The summed E-state index contributed by atoms with van der Waals surface area (Å²) in [6.07, 6.45) is 5.91. The van der Waals surface area contributed by atoms with E-state index in [1.807, 2.05) is 53.1 Å². The average Bonchev–Trinajstić information content (AvgIpc) is 2.52. The Morgan fingerprint density at radius 2 is 2.31 bits per heavy atom. The van der Waals surface area contributed by atoms with Crippen LogP contribution in [-0.4, -0.2) is 9.55 Å². The number of rotatable bonds is 1. The molecular formula is C9H9BrN3+. The van der Waals surface area contributed by atoms with E-state index in [1.54, 1.807) is 0 Å². The van der Waals surface area contributed by atoms with Gasteiger partial charge in [-0.3, -0.25) is 0 Å². The SMILES string of the molecule is C[n+]1ccn(-c2cccc(Br)n2)c1. The Bertz CT molecular complexity index is 422. The summed E-state index contributed by atoms with van der Waals surface area (Å²) in [5, 5.41) is 0. The molecule has 0 unspecified atom stereocenters. The van der Waals surface area contributed by atoms with Gasteiger partial charge in [-0.25, -0.2) is 9.55 Å². The summed E-state index contributed by atoms with van der Waals surface area (Å²) < 4.78 is 4.79. The summed E-state index contributed by atoms with van der Waals surface area (Å²) in [6.45, 7) is 0. The zero-order chi connectivity index (χ0) is 9.26. The first-order chi connectivity index (χ1) is 6.25. The maximum atomic E-state index is 4.32. The number of pyridine rings is 1. The highest BCUT2D eigenvalue weighted by atomic mass is 79.9. The summed E-state index contributed by atoms with van der Waals surface area (Å²) in [4.78, 5) is 4.32. The Kier molecular flexibility index (Phi) is 2.14. The highest BCUT2D eigenvalue weighted by Crippen LogP contribution is 2.08. The fraction of sp³-hybridized carbons (Fsp3) is 0.111. The summed E-state index contributed by atoms with van der Waals surface area (Å²) >= 11 is 3.33. The minimum absolute atomic E-state index is 0.848. The van der Waals surface area contributed by atoms with Crippen molar-refractivity contribution < 1.29 is 4.57 Å². The van der Waals surface area contributed by atoms with E-state index in [4.69, 9.17) is 0 Å². The van der Waals surface area contributed by atoms with Crippen LogP contribution in [-0.2, 0) is 7.05 Å². The first-order valence-corrected chi connectivity index (χ1v) is 4.71. The van der Waals surface area contributed by atoms with Crippen LogP contribution in [0.1, 0.15) is 0 Å². The van der Waals surface area contributed by atoms with Crippen molar-refractivity contribution in [1.82, 2.24) is 9.55 Å². The summed E-state index contributed by atoms with van der Waals surface area (Å²) in [5.41, 5.74) is 0. The molecule has 13 heavy (non-hydrogen) atoms. The second-order valence-electron chi connectivity index (χ2n) is 2.80. The third kappa shape index (κ3) is 1.78. The maximum Gasteiger partial charge on any atom is 0.250 e. The van der Waals surface area contributed by atoms with Crippen molar-refractivity contribution in [1.29, 1.82) is 0 Å². The molecule has 4 heteroatoms. The van der Waals surface area contributed by atoms with Gasteiger partial charge in [0.2, 0.25) is 12.1 Å². The molecule has 0 fully saturated rings. The number of nitrogens with zero attached hydrogens (tertiary/aromatic N) is 3. The lowest BCUT2D eigenvalue weighted by Crippen LogP contribution is -2.23. The van der Waals surface area contributed by atoms with Crippen molar-refractivity contribution in [3.8, 4) is 5.82 Å². The van der Waals surface area contributed by atoms with Crippen LogP contribution in [0.3, 0.4) is 0 Å². The Morgan fingerprint density at radius 3 is 2.92 bits per heavy atom. The molecule has 0 radical (unpaired) electrons. The second kappa shape index (κ2) is 3.30. The van der Waals surface area contributed by atoms with Crippen LogP contribution in [0.2, 0.25) is 0 Å². The predicted octanol–water partition coefficient (Wildman–Crippen LogP) is 1.46. The van der Waals surface area contributed by atoms with Gasteiger partial charge in [0.1, 0.15) is 17.0 Å². The van der Waals surface area contributed by atoms with Crippen molar-refractivity contribution in [3.05, 3.63) is 41.5 Å². The lowest BCUT2D eigenvalue weighted by Gasteiger charge is -1.93. The molecular weight excluding hydrogens is 230 g/mol. The van der Waals surface area contributed by atoms with Gasteiger partial charge in [0.05, 0.1) is 7.05 Å². The standard InChI is InChI=1S/C9H9BrN3/c1-12-5-6-13(7-12)9-4-2-3-8(10)11-9/h2-7H,1H3/q+1. The van der Waals surface area contributed by atoms with E-state index in [1.165, 1.54) is 0 Å². The van der Waals surface area contributed by atoms with Crippen LogP contribution in [0, 0.1) is 0 Å². The zero-order valence-corrected chi connectivity index (χ0v) is 8.77. The topological polar surface area (TPSA) is 21.7 Å². The first kappa shape index (κ1) is 8.44. The van der Waals surface area contributed by atoms with Crippen molar-refractivity contribution in [2.45, 2.75) is 0 Å². The van der Waals surface area contributed by atoms with Crippen molar-refractivity contribution >= 4 is 15.9 Å². The maximum absolute atomic E-state index is 4.32. The molecule has 2 rings (SSSR count). The van der Waals surface area contributed by atoms with E-state index in [0.717, 1.165) is 10.4 Å². The molecule has 0 aromatic carbocycles. The Balaban J connectivity index is 2.46. The van der Waals surface area contributed by atoms with E-state index in [-0.39, 0.29) is 0 Å². The number of hydrogen-bond donors (Lipinski definition) is 0. The van der Waals surface area contributed by atoms with Gasteiger partial charge >= 0.3 is 0 Å². The van der Waals surface area contributed by atoms with Gasteiger partial charge in [0, 0.05) is 6.07 Å². The quantitative estimate of drug-likeness (QED) is 0.545. The van der Waals surface area contributed by atoms with Crippen LogP contribution in [0.25, 0.3) is 5.82 Å². The smallest absolute Gasteiger partial charge is 0.239 e. The molecule has 2 aromatic heterocycles. The van der Waals surface area contributed by atoms with E-state index in [9.17, 15) is 0 Å². The van der Waals surface area contributed by atoms with Crippen LogP contribution in [0.15, 0.2) is 41.5 Å². The molecule has 0 saturated carbocycles. The minimum atomic E-state index is 0.848. The van der Waals surface area contributed by atoms with Crippen molar-refractivity contribution in [2.75, 3.05) is 0 Å². The summed E-state index contributed by atoms with van der Waals surface area (Å²) in [5.74, 6) is 0.912. The highest BCUT2D eigenvalue weighted by molar-refractivity contribution is 9.10. The first-order valence-electron chi connectivity index (χ1n) is 3.92. The molecule has 3 nitrogen and oxygen atoms in total. The third-order valence-electron chi connectivity index (χ3n) is 1.73. The lowest BCUT2D eigenvalue weighted by molar-refractivity contribution is -0.670. The summed E-state index contributed by atoms with van der Waals surface area (Å²) in [7, 11) is 1.98. The molecule has 0 amide bonds. The molecule has 0 aliphatic rings. The van der Waals surface area contributed by atoms with E-state index >= 15 is 0 Å². The van der Waals surface area contributed by atoms with Crippen molar-refractivity contribution in [3.63, 3.8) is 0 Å². The molecule has 0 spiro atoms. The van der Waals surface area contributed by atoms with Gasteiger partial charge in [-0.2, -0.15) is 4.57 Å². The Labute approximate surface area is 84.8 Å². The van der Waals surface area contributed by atoms with Crippen LogP contribution >= 0.6 is 15.9 Å². The number of hydrogen-bond acceptors (Lipinski definition) is 1. The summed E-state index contributed by atoms with van der Waals surface area (Å²) in [6, 6.07) is 5.84. The predicted molar refractivity (Wildman–Crippen MR) is 52.4 cm³/mol. The molecule has 0 saturated heterocycles. The van der Waals surface area contributed by atoms with E-state index < -0.39 is 0 Å². The van der Waals surface area contributed by atoms with Gasteiger partial charge in [-0.15, -0.1) is 0 Å². The monoisotopic (exact) mass is 238 g/mol. The largest absolute Gasteiger partial charge is 0.250 e. The molecule has 2 aromatic rings. The second-order valence-corrected chi connectivity index (χ2v) is 3.62. The Morgan fingerprint density at radius 1 is 1.46 bits per heavy atom. The highest BCUT2D eigenvalue weighted by Gasteiger charge is 2.04. The molecule has 0 N–H and O–H groups in total. The number of aryl methyl sites for hydroxylation is 1. The molecule has 2 heterocycles. The number of imidazole rings is 1. The normalized spacial score (nSPS) is 10.3. The molecule has 0 aliphatic heterocycles. The third-order valence-corrected chi connectivity index (χ3v) is 2.18. The van der Waals surface area contributed by atoms with E-state index in [0.29, 0.717) is 0 Å². The van der Waals surface area contributed by atoms with Gasteiger partial charge in [0.25, 0.3) is 0 Å². The van der Waals surface area contributed by atoms with Gasteiger partial charge in [0.15, 0.2) is 0 Å². The van der Waals surface area contributed by atoms with Gasteiger partial charge < -0.3 is 0 Å². The van der Waals surface area contributed by atoms with Gasteiger partial charge in [-0.1, -0.05) is 6.07 Å². The molecule has 0 atom stereocenters. The number of halogens is 1. The number of aromatic nitrogens is 3. The average molecular weight is 239 g/mol. The Hall–Kier alpha value is -1.16. The zero-order valence-electron chi connectivity index (χ0n) is 7.18. The van der Waals surface area contributed by atoms with Crippen LogP contribution in [0.5, 0.6) is 0 Å². The van der Waals surface area contributed by atoms with Gasteiger partial charge in [-0.05, 0) is 22.0 Å². The molecule has 0 aliphatic carbocycles. The fourth-order valence-corrected chi connectivity index (χ4v) is 1.46. The minimum Gasteiger partial charge on any atom is -0.239 e. The van der Waals surface area contributed by atoms with E-state index in [2.05, 4.69) is 20.9 Å². The van der Waals surface area contributed by atoms with Crippen LogP contribution in [0.4, 0.5) is 0 Å². The van der Waals surface area contributed by atoms with Crippen LogP contribution < -0.4 is 4.57 Å². The fourth-order valence-electron chi connectivity index (χ4n) is 1.13.